The second-order valence-electron chi connectivity index (χ2n) is 3.92. The van der Waals surface area contributed by atoms with E-state index in [0.29, 0.717) is 17.5 Å². The van der Waals surface area contributed by atoms with E-state index in [9.17, 15) is 4.79 Å². The summed E-state index contributed by atoms with van der Waals surface area (Å²) in [6.45, 7) is 2.71. The number of H-pyrrole nitrogens is 1. The number of nitrogens with one attached hydrogen (secondary N) is 2. The highest BCUT2D eigenvalue weighted by atomic mass is 32.2. The molecule has 94 valence electrons. The Morgan fingerprint density at radius 2 is 2.22 bits per heavy atom. The van der Waals surface area contributed by atoms with Crippen LogP contribution in [-0.2, 0) is 0 Å². The molecule has 2 N–H and O–H groups in total. The molecule has 0 aliphatic heterocycles. The van der Waals surface area contributed by atoms with E-state index in [2.05, 4.69) is 34.3 Å². The van der Waals surface area contributed by atoms with Crippen LogP contribution in [0.3, 0.4) is 0 Å². The summed E-state index contributed by atoms with van der Waals surface area (Å²) in [5.41, 5.74) is 0.493. The first-order valence-electron chi connectivity index (χ1n) is 5.74. The predicted molar refractivity (Wildman–Crippen MR) is 72.7 cm³/mol. The van der Waals surface area contributed by atoms with Gasteiger partial charge in [-0.25, -0.2) is 4.98 Å². The molecule has 1 aromatic heterocycles. The van der Waals surface area contributed by atoms with Gasteiger partial charge in [-0.1, -0.05) is 25.1 Å². The zero-order valence-corrected chi connectivity index (χ0v) is 10.9. The van der Waals surface area contributed by atoms with Crippen LogP contribution in [0.2, 0.25) is 0 Å². The van der Waals surface area contributed by atoms with E-state index >= 15 is 0 Å². The van der Waals surface area contributed by atoms with Crippen molar-refractivity contribution in [2.45, 2.75) is 17.1 Å². The second-order valence-corrected chi connectivity index (χ2v) is 5.43. The number of rotatable bonds is 5. The first kappa shape index (κ1) is 12.7. The predicted octanol–water partition coefficient (Wildman–Crippen LogP) is 2.32. The topological polar surface area (TPSA) is 57.8 Å². The minimum absolute atomic E-state index is 0.118. The van der Waals surface area contributed by atoms with Crippen LogP contribution in [0.4, 0.5) is 0 Å². The summed E-state index contributed by atoms with van der Waals surface area (Å²) in [4.78, 5) is 19.5. The Hall–Kier alpha value is -1.75. The molecule has 0 radical (unpaired) electrons. The summed E-state index contributed by atoms with van der Waals surface area (Å²) in [5.74, 6) is -0.118. The third kappa shape index (κ3) is 3.63. The third-order valence-electron chi connectivity index (χ3n) is 2.37. The maximum Gasteiger partial charge on any atom is 0.269 e. The molecule has 5 heteroatoms. The van der Waals surface area contributed by atoms with Crippen LogP contribution in [-0.4, -0.2) is 27.7 Å². The van der Waals surface area contributed by atoms with Gasteiger partial charge in [0.2, 0.25) is 0 Å². The number of nitrogens with zero attached hydrogens (tertiary/aromatic N) is 1. The van der Waals surface area contributed by atoms with Crippen LogP contribution in [0.15, 0.2) is 47.8 Å². The molecule has 18 heavy (non-hydrogen) atoms. The van der Waals surface area contributed by atoms with Crippen molar-refractivity contribution in [3.8, 4) is 0 Å². The van der Waals surface area contributed by atoms with Gasteiger partial charge in [0.15, 0.2) is 0 Å². The summed E-state index contributed by atoms with van der Waals surface area (Å²) in [7, 11) is 0. The van der Waals surface area contributed by atoms with Crippen molar-refractivity contribution in [3.63, 3.8) is 0 Å². The molecule has 0 saturated heterocycles. The van der Waals surface area contributed by atoms with Gasteiger partial charge in [0.05, 0.1) is 12.5 Å². The monoisotopic (exact) mass is 261 g/mol. The molecule has 0 saturated carbocycles. The standard InChI is InChI=1S/C13H15N3OS/c1-10(18-11-5-3-2-4-6-11)7-15-13(17)12-8-14-9-16-12/h2-6,8-10H,7H2,1H3,(H,14,16)(H,15,17). The maximum absolute atomic E-state index is 11.7. The van der Waals surface area contributed by atoms with E-state index in [4.69, 9.17) is 0 Å². The molecule has 1 unspecified atom stereocenters. The van der Waals surface area contributed by atoms with Crippen molar-refractivity contribution in [1.82, 2.24) is 15.3 Å². The van der Waals surface area contributed by atoms with Gasteiger partial charge < -0.3 is 10.3 Å². The summed E-state index contributed by atoms with van der Waals surface area (Å²) < 4.78 is 0. The SMILES string of the molecule is CC(CNC(=O)c1cnc[nH]1)Sc1ccccc1. The number of amides is 1. The molecule has 1 amide bonds. The van der Waals surface area contributed by atoms with E-state index < -0.39 is 0 Å². The molecule has 2 rings (SSSR count). The van der Waals surface area contributed by atoms with Crippen LogP contribution in [0.25, 0.3) is 0 Å². The summed E-state index contributed by atoms with van der Waals surface area (Å²) in [5, 5.41) is 3.19. The molecule has 0 aliphatic carbocycles. The Labute approximate surface area is 110 Å². The Balaban J connectivity index is 1.78. The molecule has 0 aliphatic rings. The maximum atomic E-state index is 11.7. The fourth-order valence-corrected chi connectivity index (χ4v) is 2.43. The van der Waals surface area contributed by atoms with Crippen LogP contribution in [0.1, 0.15) is 17.4 Å². The van der Waals surface area contributed by atoms with Gasteiger partial charge >= 0.3 is 0 Å². The number of imidazole rings is 1. The lowest BCUT2D eigenvalue weighted by Crippen LogP contribution is -2.29. The number of hydrogen-bond acceptors (Lipinski definition) is 3. The number of aromatic amines is 1. The third-order valence-corrected chi connectivity index (χ3v) is 3.49. The van der Waals surface area contributed by atoms with Crippen molar-refractivity contribution >= 4 is 17.7 Å². The van der Waals surface area contributed by atoms with Crippen LogP contribution >= 0.6 is 11.8 Å². The largest absolute Gasteiger partial charge is 0.350 e. The zero-order chi connectivity index (χ0) is 12.8. The molecule has 0 fully saturated rings. The van der Waals surface area contributed by atoms with Gasteiger partial charge in [0, 0.05) is 16.7 Å². The molecule has 0 spiro atoms. The number of carbonyl (C=O) groups is 1. The first-order chi connectivity index (χ1) is 8.75. The lowest BCUT2D eigenvalue weighted by Gasteiger charge is -2.11. The van der Waals surface area contributed by atoms with Gasteiger partial charge in [0.1, 0.15) is 5.69 Å². The minimum atomic E-state index is -0.118. The van der Waals surface area contributed by atoms with Crippen molar-refractivity contribution < 1.29 is 4.79 Å². The Morgan fingerprint density at radius 1 is 1.44 bits per heavy atom. The van der Waals surface area contributed by atoms with Crippen molar-refractivity contribution in [1.29, 1.82) is 0 Å². The molecule has 0 bridgehead atoms. The van der Waals surface area contributed by atoms with Crippen molar-refractivity contribution in [2.75, 3.05) is 6.54 Å². The highest BCUT2D eigenvalue weighted by molar-refractivity contribution is 8.00. The highest BCUT2D eigenvalue weighted by Gasteiger charge is 2.09. The molecular formula is C13H15N3OS. The smallest absolute Gasteiger partial charge is 0.269 e. The Bertz CT molecular complexity index is 484. The second kappa shape index (κ2) is 6.26. The Kier molecular flexibility index (Phi) is 4.41. The number of thioether (sulfide) groups is 1. The number of hydrogen-bond donors (Lipinski definition) is 2. The average molecular weight is 261 g/mol. The van der Waals surface area contributed by atoms with E-state index in [1.54, 1.807) is 11.8 Å². The average Bonchev–Trinajstić information content (AvgIpc) is 2.91. The fourth-order valence-electron chi connectivity index (χ4n) is 1.48. The first-order valence-corrected chi connectivity index (χ1v) is 6.62. The van der Waals surface area contributed by atoms with Gasteiger partial charge in [-0.3, -0.25) is 4.79 Å². The number of benzene rings is 1. The van der Waals surface area contributed by atoms with Gasteiger partial charge in [-0.2, -0.15) is 0 Å². The Morgan fingerprint density at radius 3 is 2.89 bits per heavy atom. The lowest BCUT2D eigenvalue weighted by atomic mass is 10.4. The lowest BCUT2D eigenvalue weighted by molar-refractivity contribution is 0.0949. The molecular weight excluding hydrogens is 246 g/mol. The van der Waals surface area contributed by atoms with Crippen LogP contribution in [0.5, 0.6) is 0 Å². The normalized spacial score (nSPS) is 12.1. The van der Waals surface area contributed by atoms with E-state index in [0.717, 1.165) is 0 Å². The summed E-state index contributed by atoms with van der Waals surface area (Å²) in [6, 6.07) is 10.2. The quantitative estimate of drug-likeness (QED) is 0.812. The number of aromatic nitrogens is 2. The minimum Gasteiger partial charge on any atom is -0.350 e. The van der Waals surface area contributed by atoms with Gasteiger partial charge in [0.25, 0.3) is 5.91 Å². The van der Waals surface area contributed by atoms with Crippen molar-refractivity contribution in [2.24, 2.45) is 0 Å². The molecule has 4 nitrogen and oxygen atoms in total. The fraction of sp³-hybridized carbons (Fsp3) is 0.231. The molecule has 1 atom stereocenters. The van der Waals surface area contributed by atoms with Crippen molar-refractivity contribution in [3.05, 3.63) is 48.5 Å². The van der Waals surface area contributed by atoms with Crippen LogP contribution < -0.4 is 5.32 Å². The molecule has 1 aromatic carbocycles. The number of carbonyl (C=O) groups excluding carboxylic acids is 1. The molecule has 1 heterocycles. The van der Waals surface area contributed by atoms with Gasteiger partial charge in [-0.05, 0) is 12.1 Å². The van der Waals surface area contributed by atoms with E-state index in [1.807, 2.05) is 18.2 Å². The van der Waals surface area contributed by atoms with E-state index in [1.165, 1.54) is 17.4 Å². The zero-order valence-electron chi connectivity index (χ0n) is 10.1. The molecule has 2 aromatic rings. The highest BCUT2D eigenvalue weighted by Crippen LogP contribution is 2.21. The van der Waals surface area contributed by atoms with E-state index in [-0.39, 0.29) is 5.91 Å². The van der Waals surface area contributed by atoms with Crippen LogP contribution in [0, 0.1) is 0 Å². The summed E-state index contributed by atoms with van der Waals surface area (Å²) >= 11 is 1.74. The van der Waals surface area contributed by atoms with Gasteiger partial charge in [-0.15, -0.1) is 11.8 Å². The summed E-state index contributed by atoms with van der Waals surface area (Å²) in [6.07, 6.45) is 3.02.